The molecule has 0 aliphatic heterocycles. The van der Waals surface area contributed by atoms with E-state index in [-0.39, 0.29) is 5.78 Å². The lowest BCUT2D eigenvalue weighted by Gasteiger charge is -2.00. The SMILES string of the molecule is Cn1cc(CC(=O)Cc2cccc(Cl)c2)nn1. The normalized spacial score (nSPS) is 10.5. The number of aromatic nitrogens is 3. The quantitative estimate of drug-likeness (QED) is 0.831. The lowest BCUT2D eigenvalue weighted by Crippen LogP contribution is -2.06. The van der Waals surface area contributed by atoms with E-state index < -0.39 is 0 Å². The van der Waals surface area contributed by atoms with E-state index in [1.54, 1.807) is 30.1 Å². The molecule has 0 radical (unpaired) electrons. The van der Waals surface area contributed by atoms with Gasteiger partial charge in [-0.3, -0.25) is 9.48 Å². The number of hydrogen-bond donors (Lipinski definition) is 0. The number of carbonyl (C=O) groups excluding carboxylic acids is 1. The first-order chi connectivity index (χ1) is 8.13. The molecule has 0 amide bonds. The van der Waals surface area contributed by atoms with Crippen molar-refractivity contribution in [3.8, 4) is 0 Å². The fourth-order valence-corrected chi connectivity index (χ4v) is 1.83. The van der Waals surface area contributed by atoms with Gasteiger partial charge < -0.3 is 0 Å². The van der Waals surface area contributed by atoms with E-state index in [9.17, 15) is 4.79 Å². The molecule has 88 valence electrons. The summed E-state index contributed by atoms with van der Waals surface area (Å²) in [6.07, 6.45) is 2.42. The van der Waals surface area contributed by atoms with Crippen LogP contribution < -0.4 is 0 Å². The molecule has 0 aliphatic rings. The lowest BCUT2D eigenvalue weighted by molar-refractivity contribution is -0.117. The van der Waals surface area contributed by atoms with Gasteiger partial charge in [0, 0.05) is 24.7 Å². The fourth-order valence-electron chi connectivity index (χ4n) is 1.62. The lowest BCUT2D eigenvalue weighted by atomic mass is 10.1. The largest absolute Gasteiger partial charge is 0.299 e. The summed E-state index contributed by atoms with van der Waals surface area (Å²) in [5.74, 6) is 0.104. The number of hydrogen-bond acceptors (Lipinski definition) is 3. The van der Waals surface area contributed by atoms with E-state index in [1.165, 1.54) is 0 Å². The molecule has 17 heavy (non-hydrogen) atoms. The first kappa shape index (κ1) is 11.8. The number of ketones is 1. The third kappa shape index (κ3) is 3.39. The van der Waals surface area contributed by atoms with Crippen molar-refractivity contribution in [1.82, 2.24) is 15.0 Å². The maximum Gasteiger partial charge on any atom is 0.143 e. The number of rotatable bonds is 4. The van der Waals surface area contributed by atoms with Crippen molar-refractivity contribution in [1.29, 1.82) is 0 Å². The smallest absolute Gasteiger partial charge is 0.143 e. The first-order valence-corrected chi connectivity index (χ1v) is 5.62. The highest BCUT2D eigenvalue weighted by molar-refractivity contribution is 6.30. The van der Waals surface area contributed by atoms with E-state index in [4.69, 9.17) is 11.6 Å². The molecule has 0 atom stereocenters. The Morgan fingerprint density at radius 2 is 2.24 bits per heavy atom. The summed E-state index contributed by atoms with van der Waals surface area (Å²) in [5, 5.41) is 8.31. The molecule has 0 saturated carbocycles. The van der Waals surface area contributed by atoms with E-state index in [0.717, 1.165) is 5.56 Å². The van der Waals surface area contributed by atoms with Crippen LogP contribution in [-0.2, 0) is 24.7 Å². The van der Waals surface area contributed by atoms with Crippen molar-refractivity contribution in [3.05, 3.63) is 46.7 Å². The molecule has 1 aromatic carbocycles. The average Bonchev–Trinajstić information content (AvgIpc) is 2.63. The summed E-state index contributed by atoms with van der Waals surface area (Å²) < 4.78 is 1.59. The maximum atomic E-state index is 11.8. The Balaban J connectivity index is 1.98. The van der Waals surface area contributed by atoms with Gasteiger partial charge in [0.1, 0.15) is 5.78 Å². The minimum Gasteiger partial charge on any atom is -0.299 e. The van der Waals surface area contributed by atoms with Gasteiger partial charge in [-0.1, -0.05) is 28.9 Å². The van der Waals surface area contributed by atoms with Crippen molar-refractivity contribution in [2.45, 2.75) is 12.8 Å². The molecule has 0 aliphatic carbocycles. The molecule has 1 heterocycles. The van der Waals surface area contributed by atoms with Crippen molar-refractivity contribution < 1.29 is 4.79 Å². The zero-order chi connectivity index (χ0) is 12.3. The van der Waals surface area contributed by atoms with Crippen molar-refractivity contribution in [2.75, 3.05) is 0 Å². The maximum absolute atomic E-state index is 11.8. The number of benzene rings is 1. The average molecular weight is 250 g/mol. The molecule has 2 aromatic rings. The minimum absolute atomic E-state index is 0.104. The predicted molar refractivity (Wildman–Crippen MR) is 64.9 cm³/mol. The van der Waals surface area contributed by atoms with Crippen molar-refractivity contribution in [2.24, 2.45) is 7.05 Å². The van der Waals surface area contributed by atoms with E-state index in [2.05, 4.69) is 10.3 Å². The highest BCUT2D eigenvalue weighted by Crippen LogP contribution is 2.11. The zero-order valence-electron chi connectivity index (χ0n) is 9.43. The van der Waals surface area contributed by atoms with Crippen LogP contribution in [0, 0.1) is 0 Å². The van der Waals surface area contributed by atoms with Crippen LogP contribution in [0.1, 0.15) is 11.3 Å². The number of halogens is 1. The Labute approximate surface area is 104 Å². The highest BCUT2D eigenvalue weighted by atomic mass is 35.5. The number of aryl methyl sites for hydroxylation is 1. The van der Waals surface area contributed by atoms with Crippen LogP contribution in [0.2, 0.25) is 5.02 Å². The van der Waals surface area contributed by atoms with Crippen LogP contribution >= 0.6 is 11.6 Å². The standard InChI is InChI=1S/C12H12ClN3O/c1-16-8-11(14-15-16)7-12(17)6-9-3-2-4-10(13)5-9/h2-5,8H,6-7H2,1H3. The van der Waals surface area contributed by atoms with Gasteiger partial charge in [-0.2, -0.15) is 0 Å². The number of carbonyl (C=O) groups is 1. The monoisotopic (exact) mass is 249 g/mol. The van der Waals surface area contributed by atoms with E-state index >= 15 is 0 Å². The van der Waals surface area contributed by atoms with E-state index in [0.29, 0.717) is 23.6 Å². The van der Waals surface area contributed by atoms with Gasteiger partial charge in [0.25, 0.3) is 0 Å². The van der Waals surface area contributed by atoms with Crippen LogP contribution in [0.3, 0.4) is 0 Å². The van der Waals surface area contributed by atoms with Crippen molar-refractivity contribution >= 4 is 17.4 Å². The van der Waals surface area contributed by atoms with Gasteiger partial charge in [-0.25, -0.2) is 0 Å². The molecule has 5 heteroatoms. The molecule has 2 rings (SSSR count). The summed E-state index contributed by atoms with van der Waals surface area (Å²) in [4.78, 5) is 11.8. The van der Waals surface area contributed by atoms with Crippen LogP contribution in [-0.4, -0.2) is 20.8 Å². The van der Waals surface area contributed by atoms with E-state index in [1.807, 2.05) is 12.1 Å². The summed E-state index contributed by atoms with van der Waals surface area (Å²) in [6.45, 7) is 0. The fraction of sp³-hybridized carbons (Fsp3) is 0.250. The Bertz CT molecular complexity index is 536. The number of Topliss-reactive ketones (excluding diaryl/α,β-unsaturated/α-hetero) is 1. The Morgan fingerprint density at radius 3 is 2.88 bits per heavy atom. The second-order valence-electron chi connectivity index (χ2n) is 3.91. The molecular weight excluding hydrogens is 238 g/mol. The molecule has 0 unspecified atom stereocenters. The van der Waals surface area contributed by atoms with Crippen LogP contribution in [0.15, 0.2) is 30.5 Å². The highest BCUT2D eigenvalue weighted by Gasteiger charge is 2.08. The van der Waals surface area contributed by atoms with Crippen LogP contribution in [0.4, 0.5) is 0 Å². The molecule has 4 nitrogen and oxygen atoms in total. The second-order valence-corrected chi connectivity index (χ2v) is 4.34. The first-order valence-electron chi connectivity index (χ1n) is 5.25. The van der Waals surface area contributed by atoms with Gasteiger partial charge >= 0.3 is 0 Å². The zero-order valence-corrected chi connectivity index (χ0v) is 10.2. The third-order valence-electron chi connectivity index (χ3n) is 2.32. The van der Waals surface area contributed by atoms with Gasteiger partial charge in [-0.15, -0.1) is 5.10 Å². The van der Waals surface area contributed by atoms with Crippen molar-refractivity contribution in [3.63, 3.8) is 0 Å². The topological polar surface area (TPSA) is 47.8 Å². The van der Waals surface area contributed by atoms with Gasteiger partial charge in [0.15, 0.2) is 0 Å². The molecule has 0 fully saturated rings. The summed E-state index contributed by atoms with van der Waals surface area (Å²) >= 11 is 5.85. The molecule has 0 bridgehead atoms. The van der Waals surface area contributed by atoms with Crippen LogP contribution in [0.25, 0.3) is 0 Å². The Hall–Kier alpha value is -1.68. The summed E-state index contributed by atoms with van der Waals surface area (Å²) in [6, 6.07) is 7.32. The number of nitrogens with zero attached hydrogens (tertiary/aromatic N) is 3. The molecular formula is C12H12ClN3O. The molecule has 0 spiro atoms. The molecule has 0 saturated heterocycles. The minimum atomic E-state index is 0.104. The summed E-state index contributed by atoms with van der Waals surface area (Å²) in [7, 11) is 1.78. The van der Waals surface area contributed by atoms with Gasteiger partial charge in [0.2, 0.25) is 0 Å². The third-order valence-corrected chi connectivity index (χ3v) is 2.55. The molecule has 1 aromatic heterocycles. The predicted octanol–water partition coefficient (Wildman–Crippen LogP) is 1.82. The Morgan fingerprint density at radius 1 is 1.41 bits per heavy atom. The van der Waals surface area contributed by atoms with Crippen LogP contribution in [0.5, 0.6) is 0 Å². The van der Waals surface area contributed by atoms with Gasteiger partial charge in [-0.05, 0) is 17.7 Å². The van der Waals surface area contributed by atoms with Gasteiger partial charge in [0.05, 0.1) is 12.1 Å². The second kappa shape index (κ2) is 5.10. The Kier molecular flexibility index (Phi) is 3.54. The summed E-state index contributed by atoms with van der Waals surface area (Å²) in [5.41, 5.74) is 1.62. The molecule has 0 N–H and O–H groups in total.